The molecule has 19 heavy (non-hydrogen) atoms. The molecular formula is C11H16F3N3O2. The number of esters is 1. The highest BCUT2D eigenvalue weighted by Gasteiger charge is 2.36. The lowest BCUT2D eigenvalue weighted by Crippen LogP contribution is -2.36. The number of alkyl halides is 3. The number of rotatable bonds is 5. The Hall–Kier alpha value is -1.57. The number of aromatic nitrogens is 2. The van der Waals surface area contributed by atoms with E-state index in [1.165, 1.54) is 20.4 Å². The second-order valence-electron chi connectivity index (χ2n) is 4.04. The van der Waals surface area contributed by atoms with E-state index in [0.29, 0.717) is 6.42 Å². The highest BCUT2D eigenvalue weighted by atomic mass is 19.4. The van der Waals surface area contributed by atoms with Gasteiger partial charge in [0.15, 0.2) is 5.69 Å². The van der Waals surface area contributed by atoms with Gasteiger partial charge in [-0.15, -0.1) is 0 Å². The van der Waals surface area contributed by atoms with Crippen LogP contribution in [0.15, 0.2) is 6.20 Å². The maximum Gasteiger partial charge on any atom is 0.435 e. The van der Waals surface area contributed by atoms with E-state index < -0.39 is 23.9 Å². The summed E-state index contributed by atoms with van der Waals surface area (Å²) in [5, 5.41) is 6.12. The van der Waals surface area contributed by atoms with Crippen molar-refractivity contribution in [2.45, 2.75) is 32.1 Å². The molecule has 0 radical (unpaired) electrons. The molecular weight excluding hydrogens is 263 g/mol. The minimum atomic E-state index is -4.51. The molecule has 5 nitrogen and oxygen atoms in total. The van der Waals surface area contributed by atoms with Crippen LogP contribution in [-0.4, -0.2) is 28.9 Å². The highest BCUT2D eigenvalue weighted by Crippen LogP contribution is 2.30. The summed E-state index contributed by atoms with van der Waals surface area (Å²) >= 11 is 0. The van der Waals surface area contributed by atoms with Gasteiger partial charge in [0, 0.05) is 25.4 Å². The van der Waals surface area contributed by atoms with E-state index in [2.05, 4.69) is 15.2 Å². The van der Waals surface area contributed by atoms with Gasteiger partial charge in [0.2, 0.25) is 0 Å². The summed E-state index contributed by atoms with van der Waals surface area (Å²) in [6.45, 7) is 1.64. The first-order valence-electron chi connectivity index (χ1n) is 5.70. The topological polar surface area (TPSA) is 56.2 Å². The average molecular weight is 279 g/mol. The Bertz CT molecular complexity index is 443. The first-order chi connectivity index (χ1) is 8.79. The molecule has 0 aromatic carbocycles. The molecule has 0 saturated carbocycles. The van der Waals surface area contributed by atoms with Gasteiger partial charge in [-0.1, -0.05) is 6.92 Å². The largest absolute Gasteiger partial charge is 0.468 e. The Morgan fingerprint density at radius 2 is 2.21 bits per heavy atom. The maximum absolute atomic E-state index is 12.7. The number of hydrogen-bond donors (Lipinski definition) is 1. The van der Waals surface area contributed by atoms with Gasteiger partial charge in [-0.3, -0.25) is 9.48 Å². The molecule has 1 N–H and O–H groups in total. The Morgan fingerprint density at radius 3 is 2.68 bits per heavy atom. The van der Waals surface area contributed by atoms with Crippen molar-refractivity contribution in [3.63, 3.8) is 0 Å². The normalized spacial score (nSPS) is 13.4. The third-order valence-electron chi connectivity index (χ3n) is 2.61. The zero-order valence-electron chi connectivity index (χ0n) is 10.9. The van der Waals surface area contributed by atoms with Crippen LogP contribution in [0.3, 0.4) is 0 Å². The second kappa shape index (κ2) is 6.05. The SMILES string of the molecule is CC[C@H](NCc1cn(C)nc1C(F)(F)F)C(=O)OC. The van der Waals surface area contributed by atoms with Crippen LogP contribution in [0.1, 0.15) is 24.6 Å². The van der Waals surface area contributed by atoms with Crippen LogP contribution in [0.4, 0.5) is 13.2 Å². The predicted molar refractivity (Wildman–Crippen MR) is 61.1 cm³/mol. The molecule has 0 aliphatic carbocycles. The van der Waals surface area contributed by atoms with Crippen LogP contribution in [0, 0.1) is 0 Å². The molecule has 8 heteroatoms. The minimum Gasteiger partial charge on any atom is -0.468 e. The Kier molecular flexibility index (Phi) is 4.93. The molecule has 1 heterocycles. The van der Waals surface area contributed by atoms with Gasteiger partial charge in [0.25, 0.3) is 0 Å². The zero-order valence-corrected chi connectivity index (χ0v) is 10.9. The predicted octanol–water partition coefficient (Wildman–Crippen LogP) is 1.48. The summed E-state index contributed by atoms with van der Waals surface area (Å²) in [7, 11) is 2.65. The quantitative estimate of drug-likeness (QED) is 0.829. The maximum atomic E-state index is 12.7. The molecule has 1 aromatic heterocycles. The van der Waals surface area contributed by atoms with Gasteiger partial charge in [-0.25, -0.2) is 0 Å². The number of halogens is 3. The second-order valence-corrected chi connectivity index (χ2v) is 4.04. The van der Waals surface area contributed by atoms with E-state index in [1.807, 2.05) is 0 Å². The molecule has 0 saturated heterocycles. The van der Waals surface area contributed by atoms with E-state index in [1.54, 1.807) is 6.92 Å². The van der Waals surface area contributed by atoms with Crippen molar-refractivity contribution in [1.29, 1.82) is 0 Å². The number of aryl methyl sites for hydroxylation is 1. The van der Waals surface area contributed by atoms with E-state index >= 15 is 0 Å². The number of carbonyl (C=O) groups excluding carboxylic acids is 1. The van der Waals surface area contributed by atoms with Crippen LogP contribution in [0.2, 0.25) is 0 Å². The van der Waals surface area contributed by atoms with E-state index in [4.69, 9.17) is 0 Å². The fourth-order valence-electron chi connectivity index (χ4n) is 1.68. The summed E-state index contributed by atoms with van der Waals surface area (Å²) in [6, 6.07) is -0.633. The van der Waals surface area contributed by atoms with Crippen LogP contribution in [0.5, 0.6) is 0 Å². The molecule has 0 fully saturated rings. The highest BCUT2D eigenvalue weighted by molar-refractivity contribution is 5.75. The van der Waals surface area contributed by atoms with Crippen molar-refractivity contribution >= 4 is 5.97 Å². The van der Waals surface area contributed by atoms with Crippen LogP contribution in [-0.2, 0) is 29.3 Å². The molecule has 0 spiro atoms. The van der Waals surface area contributed by atoms with Crippen molar-refractivity contribution in [2.75, 3.05) is 7.11 Å². The third-order valence-corrected chi connectivity index (χ3v) is 2.61. The van der Waals surface area contributed by atoms with Crippen LogP contribution >= 0.6 is 0 Å². The molecule has 0 aliphatic heterocycles. The van der Waals surface area contributed by atoms with Crippen molar-refractivity contribution in [2.24, 2.45) is 7.05 Å². The number of methoxy groups -OCH3 is 1. The zero-order chi connectivity index (χ0) is 14.6. The Morgan fingerprint density at radius 1 is 1.58 bits per heavy atom. The molecule has 1 atom stereocenters. The first kappa shape index (κ1) is 15.5. The van der Waals surface area contributed by atoms with Gasteiger partial charge in [-0.2, -0.15) is 18.3 Å². The number of carbonyl (C=O) groups is 1. The third kappa shape index (κ3) is 3.95. The number of nitrogens with zero attached hydrogens (tertiary/aromatic N) is 2. The summed E-state index contributed by atoms with van der Waals surface area (Å²) in [5.74, 6) is -0.500. The van der Waals surface area contributed by atoms with Crippen molar-refractivity contribution in [3.8, 4) is 0 Å². The Balaban J connectivity index is 2.80. The smallest absolute Gasteiger partial charge is 0.435 e. The summed E-state index contributed by atoms with van der Waals surface area (Å²) in [6.07, 6.45) is -2.81. The molecule has 0 amide bonds. The van der Waals surface area contributed by atoms with E-state index in [9.17, 15) is 18.0 Å². The van der Waals surface area contributed by atoms with Gasteiger partial charge < -0.3 is 10.1 Å². The summed E-state index contributed by atoms with van der Waals surface area (Å²) < 4.78 is 43.7. The summed E-state index contributed by atoms with van der Waals surface area (Å²) in [5.41, 5.74) is -0.945. The van der Waals surface area contributed by atoms with Crippen molar-refractivity contribution in [1.82, 2.24) is 15.1 Å². The lowest BCUT2D eigenvalue weighted by molar-refractivity contribution is -0.143. The fourth-order valence-corrected chi connectivity index (χ4v) is 1.68. The van der Waals surface area contributed by atoms with Gasteiger partial charge >= 0.3 is 12.1 Å². The standard InChI is InChI=1S/C11H16F3N3O2/c1-4-8(10(18)19-3)15-5-7-6-17(2)16-9(7)11(12,13)14/h6,8,15H,4-5H2,1-3H3/t8-/m0/s1. The molecule has 0 bridgehead atoms. The monoisotopic (exact) mass is 279 g/mol. The summed E-state index contributed by atoms with van der Waals surface area (Å²) in [4.78, 5) is 11.3. The lowest BCUT2D eigenvalue weighted by Gasteiger charge is -2.14. The van der Waals surface area contributed by atoms with Gasteiger partial charge in [0.1, 0.15) is 6.04 Å². The van der Waals surface area contributed by atoms with Crippen molar-refractivity contribution < 1.29 is 22.7 Å². The molecule has 0 unspecified atom stereocenters. The Labute approximate surface area is 108 Å². The van der Waals surface area contributed by atoms with Crippen LogP contribution < -0.4 is 5.32 Å². The van der Waals surface area contributed by atoms with Crippen LogP contribution in [0.25, 0.3) is 0 Å². The number of hydrogen-bond acceptors (Lipinski definition) is 4. The van der Waals surface area contributed by atoms with E-state index in [-0.39, 0.29) is 12.1 Å². The molecule has 108 valence electrons. The van der Waals surface area contributed by atoms with Gasteiger partial charge in [-0.05, 0) is 6.42 Å². The molecule has 0 aliphatic rings. The molecule has 1 rings (SSSR count). The first-order valence-corrected chi connectivity index (χ1v) is 5.70. The average Bonchev–Trinajstić information content (AvgIpc) is 2.70. The molecule has 1 aromatic rings. The van der Waals surface area contributed by atoms with Gasteiger partial charge in [0.05, 0.1) is 7.11 Å². The number of nitrogens with one attached hydrogen (secondary N) is 1. The minimum absolute atomic E-state index is 0.00245. The lowest BCUT2D eigenvalue weighted by atomic mass is 10.2. The van der Waals surface area contributed by atoms with Crippen molar-refractivity contribution in [3.05, 3.63) is 17.5 Å². The number of ether oxygens (including phenoxy) is 1. The fraction of sp³-hybridized carbons (Fsp3) is 0.636. The van der Waals surface area contributed by atoms with E-state index in [0.717, 1.165) is 4.68 Å².